The topological polar surface area (TPSA) is 64.6 Å². The van der Waals surface area contributed by atoms with Gasteiger partial charge in [0, 0.05) is 0 Å². The Kier molecular flexibility index (Phi) is 19.6. The molecule has 1 atom stereocenters. The molecule has 1 amide bonds. The van der Waals surface area contributed by atoms with Crippen molar-refractivity contribution >= 4 is 12.1 Å². The van der Waals surface area contributed by atoms with Crippen LogP contribution in [0.2, 0.25) is 0 Å². The summed E-state index contributed by atoms with van der Waals surface area (Å²) in [5.74, 6) is -0.400. The van der Waals surface area contributed by atoms with E-state index in [0.29, 0.717) is 13.2 Å². The van der Waals surface area contributed by atoms with Crippen LogP contribution >= 0.6 is 0 Å². The molecular weight excluding hydrogens is 354 g/mol. The number of hydrogen-bond donors (Lipinski definition) is 1. The third-order valence-corrected chi connectivity index (χ3v) is 4.87. The molecular formula is C23H45NO4. The highest BCUT2D eigenvalue weighted by atomic mass is 16.6. The van der Waals surface area contributed by atoms with Gasteiger partial charge in [-0.15, -0.1) is 0 Å². The van der Waals surface area contributed by atoms with E-state index < -0.39 is 18.1 Å². The van der Waals surface area contributed by atoms with Crippen molar-refractivity contribution in [2.75, 3.05) is 13.2 Å². The standard InChI is InChI=1S/C23H45NO4/c1-4-6-7-8-9-10-11-12-13-14-15-16-17-18-20-27-22(25)21(3)24-23(26)28-19-5-2/h21H,4-20H2,1-3H3,(H,24,26)/t21-/m0/s1. The van der Waals surface area contributed by atoms with Crippen molar-refractivity contribution in [2.45, 2.75) is 123 Å². The Morgan fingerprint density at radius 3 is 1.57 bits per heavy atom. The van der Waals surface area contributed by atoms with Gasteiger partial charge in [0.05, 0.1) is 13.2 Å². The van der Waals surface area contributed by atoms with Gasteiger partial charge in [0.1, 0.15) is 6.04 Å². The second-order valence-corrected chi connectivity index (χ2v) is 7.77. The number of alkyl carbamates (subject to hydrolysis) is 1. The molecule has 5 heteroatoms. The second-order valence-electron chi connectivity index (χ2n) is 7.77. The lowest BCUT2D eigenvalue weighted by Gasteiger charge is -2.13. The average Bonchev–Trinajstić information content (AvgIpc) is 2.69. The lowest BCUT2D eigenvalue weighted by Crippen LogP contribution is -2.40. The van der Waals surface area contributed by atoms with Gasteiger partial charge in [-0.3, -0.25) is 0 Å². The average molecular weight is 400 g/mol. The molecule has 0 fully saturated rings. The zero-order chi connectivity index (χ0) is 20.9. The molecule has 0 aliphatic rings. The van der Waals surface area contributed by atoms with Gasteiger partial charge >= 0.3 is 12.1 Å². The van der Waals surface area contributed by atoms with Gasteiger partial charge in [0.25, 0.3) is 0 Å². The first kappa shape index (κ1) is 26.7. The molecule has 0 saturated carbocycles. The Balaban J connectivity index is 3.34. The van der Waals surface area contributed by atoms with Crippen molar-refractivity contribution in [2.24, 2.45) is 0 Å². The third-order valence-electron chi connectivity index (χ3n) is 4.87. The number of carbonyl (C=O) groups is 2. The number of nitrogens with one attached hydrogen (secondary N) is 1. The summed E-state index contributed by atoms with van der Waals surface area (Å²) in [6.45, 7) is 6.57. The summed E-state index contributed by atoms with van der Waals surface area (Å²) in [7, 11) is 0. The van der Waals surface area contributed by atoms with E-state index in [1.807, 2.05) is 6.92 Å². The van der Waals surface area contributed by atoms with Gasteiger partial charge in [-0.05, 0) is 19.8 Å². The second kappa shape index (κ2) is 20.5. The lowest BCUT2D eigenvalue weighted by molar-refractivity contribution is -0.145. The largest absolute Gasteiger partial charge is 0.464 e. The number of rotatable bonds is 19. The minimum atomic E-state index is -0.670. The van der Waals surface area contributed by atoms with Crippen LogP contribution in [-0.2, 0) is 14.3 Å². The Morgan fingerprint density at radius 1 is 0.643 bits per heavy atom. The van der Waals surface area contributed by atoms with E-state index in [1.165, 1.54) is 77.0 Å². The minimum Gasteiger partial charge on any atom is -0.464 e. The Morgan fingerprint density at radius 2 is 1.11 bits per heavy atom. The molecule has 0 radical (unpaired) electrons. The molecule has 0 rings (SSSR count). The molecule has 1 N–H and O–H groups in total. The monoisotopic (exact) mass is 399 g/mol. The van der Waals surface area contributed by atoms with Crippen molar-refractivity contribution in [3.8, 4) is 0 Å². The summed E-state index contributed by atoms with van der Waals surface area (Å²) < 4.78 is 10.1. The zero-order valence-electron chi connectivity index (χ0n) is 18.7. The van der Waals surface area contributed by atoms with Crippen LogP contribution < -0.4 is 5.32 Å². The predicted octanol–water partition coefficient (Wildman–Crippen LogP) is 6.54. The highest BCUT2D eigenvalue weighted by Crippen LogP contribution is 2.13. The van der Waals surface area contributed by atoms with Gasteiger partial charge in [0.15, 0.2) is 0 Å². The zero-order valence-corrected chi connectivity index (χ0v) is 18.7. The Bertz CT molecular complexity index is 374. The van der Waals surface area contributed by atoms with E-state index in [1.54, 1.807) is 6.92 Å². The molecule has 0 aliphatic heterocycles. The van der Waals surface area contributed by atoms with Gasteiger partial charge in [-0.2, -0.15) is 0 Å². The fourth-order valence-corrected chi connectivity index (χ4v) is 3.07. The molecule has 0 bridgehead atoms. The number of ether oxygens (including phenoxy) is 2. The minimum absolute atomic E-state index is 0.354. The molecule has 0 aliphatic carbocycles. The summed E-state index contributed by atoms with van der Waals surface area (Å²) in [6, 6.07) is -0.670. The summed E-state index contributed by atoms with van der Waals surface area (Å²) >= 11 is 0. The molecule has 0 spiro atoms. The molecule has 5 nitrogen and oxygen atoms in total. The summed E-state index contributed by atoms with van der Waals surface area (Å²) in [4.78, 5) is 23.2. The first-order valence-electron chi connectivity index (χ1n) is 11.7. The first-order chi connectivity index (χ1) is 13.6. The van der Waals surface area contributed by atoms with Crippen molar-refractivity contribution in [1.29, 1.82) is 0 Å². The molecule has 166 valence electrons. The van der Waals surface area contributed by atoms with Crippen LogP contribution in [0, 0.1) is 0 Å². The van der Waals surface area contributed by atoms with E-state index in [2.05, 4.69) is 12.2 Å². The maximum Gasteiger partial charge on any atom is 0.407 e. The van der Waals surface area contributed by atoms with E-state index in [0.717, 1.165) is 19.3 Å². The van der Waals surface area contributed by atoms with Crippen LogP contribution in [0.25, 0.3) is 0 Å². The van der Waals surface area contributed by atoms with Crippen LogP contribution in [0.1, 0.15) is 117 Å². The molecule has 0 heterocycles. The molecule has 0 aromatic rings. The number of unbranched alkanes of at least 4 members (excludes halogenated alkanes) is 13. The number of carbonyl (C=O) groups excluding carboxylic acids is 2. The SMILES string of the molecule is CCCCCCCCCCCCCCCCOC(=O)[C@H](C)NC(=O)OCCC. The van der Waals surface area contributed by atoms with Crippen LogP contribution in [0.3, 0.4) is 0 Å². The molecule has 0 saturated heterocycles. The summed E-state index contributed by atoms with van der Waals surface area (Å²) in [5.41, 5.74) is 0. The maximum absolute atomic E-state index is 11.8. The van der Waals surface area contributed by atoms with Crippen LogP contribution in [0.5, 0.6) is 0 Å². The molecule has 0 unspecified atom stereocenters. The molecule has 0 aromatic heterocycles. The van der Waals surface area contributed by atoms with Crippen LogP contribution in [-0.4, -0.2) is 31.3 Å². The quantitative estimate of drug-likeness (QED) is 0.198. The lowest BCUT2D eigenvalue weighted by atomic mass is 10.0. The van der Waals surface area contributed by atoms with Gasteiger partial charge < -0.3 is 14.8 Å². The molecule has 0 aromatic carbocycles. The van der Waals surface area contributed by atoms with E-state index >= 15 is 0 Å². The Hall–Kier alpha value is -1.26. The first-order valence-corrected chi connectivity index (χ1v) is 11.7. The third kappa shape index (κ3) is 18.1. The number of esters is 1. The summed E-state index contributed by atoms with van der Waals surface area (Å²) in [5, 5.41) is 2.48. The number of hydrogen-bond acceptors (Lipinski definition) is 4. The van der Waals surface area contributed by atoms with Gasteiger partial charge in [-0.25, -0.2) is 9.59 Å². The summed E-state index contributed by atoms with van der Waals surface area (Å²) in [6.07, 6.45) is 18.4. The van der Waals surface area contributed by atoms with Crippen LogP contribution in [0.4, 0.5) is 4.79 Å². The van der Waals surface area contributed by atoms with E-state index in [9.17, 15) is 9.59 Å². The molecule has 28 heavy (non-hydrogen) atoms. The highest BCUT2D eigenvalue weighted by Gasteiger charge is 2.17. The van der Waals surface area contributed by atoms with Crippen molar-refractivity contribution in [1.82, 2.24) is 5.32 Å². The van der Waals surface area contributed by atoms with E-state index in [-0.39, 0.29) is 0 Å². The van der Waals surface area contributed by atoms with E-state index in [4.69, 9.17) is 9.47 Å². The van der Waals surface area contributed by atoms with Crippen molar-refractivity contribution in [3.05, 3.63) is 0 Å². The maximum atomic E-state index is 11.8. The van der Waals surface area contributed by atoms with Gasteiger partial charge in [0.2, 0.25) is 0 Å². The van der Waals surface area contributed by atoms with Crippen molar-refractivity contribution in [3.63, 3.8) is 0 Å². The van der Waals surface area contributed by atoms with Gasteiger partial charge in [-0.1, -0.05) is 97.3 Å². The predicted molar refractivity (Wildman–Crippen MR) is 116 cm³/mol. The Labute approximate surface area is 173 Å². The fourth-order valence-electron chi connectivity index (χ4n) is 3.07. The highest BCUT2D eigenvalue weighted by molar-refractivity contribution is 5.80. The van der Waals surface area contributed by atoms with Crippen LogP contribution in [0.15, 0.2) is 0 Å². The van der Waals surface area contributed by atoms with Crippen molar-refractivity contribution < 1.29 is 19.1 Å². The number of amides is 1. The smallest absolute Gasteiger partial charge is 0.407 e. The fraction of sp³-hybridized carbons (Fsp3) is 0.913. The normalized spacial score (nSPS) is 11.8.